The first kappa shape index (κ1) is 31.1. The molecule has 4 rings (SSSR count). The fraction of sp³-hybridized carbons (Fsp3) is 0.600. The number of nitrogens with zero attached hydrogens (tertiary/aromatic N) is 2. The van der Waals surface area contributed by atoms with Crippen molar-refractivity contribution in [3.05, 3.63) is 64.7 Å². The molecule has 3 unspecified atom stereocenters. The van der Waals surface area contributed by atoms with E-state index in [-0.39, 0.29) is 42.0 Å². The van der Waals surface area contributed by atoms with Crippen molar-refractivity contribution in [1.82, 2.24) is 14.5 Å². The van der Waals surface area contributed by atoms with E-state index < -0.39 is 32.0 Å². The van der Waals surface area contributed by atoms with Crippen LogP contribution in [-0.2, 0) is 32.0 Å². The Labute approximate surface area is 240 Å². The number of aliphatic hydroxyl groups excluding tert-OH is 1. The third-order valence-corrected chi connectivity index (χ3v) is 11.8. The second-order valence-electron chi connectivity index (χ2n) is 11.7. The number of rotatable bonds is 11. The Kier molecular flexibility index (Phi) is 10.1. The van der Waals surface area contributed by atoms with E-state index in [1.54, 1.807) is 12.1 Å². The van der Waals surface area contributed by atoms with E-state index in [4.69, 9.17) is 0 Å². The molecule has 2 aromatic rings. The highest BCUT2D eigenvalue weighted by molar-refractivity contribution is 7.90. The second-order valence-corrected chi connectivity index (χ2v) is 15.8. The number of nitrogens with one attached hydrogen (secondary N) is 1. The van der Waals surface area contributed by atoms with Gasteiger partial charge in [-0.05, 0) is 73.0 Å². The highest BCUT2D eigenvalue weighted by Crippen LogP contribution is 2.33. The smallest absolute Gasteiger partial charge is 0.243 e. The van der Waals surface area contributed by atoms with Crippen molar-refractivity contribution in [2.45, 2.75) is 74.7 Å². The maximum Gasteiger partial charge on any atom is 0.243 e. The van der Waals surface area contributed by atoms with Gasteiger partial charge in [-0.15, -0.1) is 0 Å². The summed E-state index contributed by atoms with van der Waals surface area (Å²) in [5, 5.41) is 13.8. The van der Waals surface area contributed by atoms with Gasteiger partial charge in [0, 0.05) is 32.2 Å². The Bertz CT molecular complexity index is 1380. The topological polar surface area (TPSA) is 107 Å². The SMILES string of the molecule is CCc1cccc(CS(=O)(=O)CCNC2CN(S(=O)(=O)c3ccccc3C(C)C)CC2O)c1C1CCCN(C)C1. The molecule has 2 N–H and O–H groups in total. The highest BCUT2D eigenvalue weighted by atomic mass is 32.2. The quantitative estimate of drug-likeness (QED) is 0.414. The fourth-order valence-corrected chi connectivity index (χ4v) is 9.35. The molecule has 40 heavy (non-hydrogen) atoms. The number of aryl methyl sites for hydroxylation is 1. The average Bonchev–Trinajstić information content (AvgIpc) is 3.29. The van der Waals surface area contributed by atoms with Gasteiger partial charge in [-0.25, -0.2) is 16.8 Å². The van der Waals surface area contributed by atoms with Gasteiger partial charge in [0.2, 0.25) is 10.0 Å². The molecule has 0 saturated carbocycles. The van der Waals surface area contributed by atoms with Crippen molar-refractivity contribution in [2.75, 3.05) is 45.5 Å². The van der Waals surface area contributed by atoms with Crippen LogP contribution in [0, 0.1) is 0 Å². The Morgan fingerprint density at radius 2 is 1.73 bits per heavy atom. The van der Waals surface area contributed by atoms with Crippen LogP contribution in [0.25, 0.3) is 0 Å². The van der Waals surface area contributed by atoms with Gasteiger partial charge in [-0.2, -0.15) is 4.31 Å². The number of benzene rings is 2. The lowest BCUT2D eigenvalue weighted by molar-refractivity contribution is 0.161. The highest BCUT2D eigenvalue weighted by Gasteiger charge is 2.39. The summed E-state index contributed by atoms with van der Waals surface area (Å²) in [6.45, 7) is 8.24. The van der Waals surface area contributed by atoms with Crippen LogP contribution in [0.15, 0.2) is 47.4 Å². The van der Waals surface area contributed by atoms with Crippen LogP contribution >= 0.6 is 0 Å². The lowest BCUT2D eigenvalue weighted by Crippen LogP contribution is -2.41. The molecule has 0 bridgehead atoms. The molecule has 3 atom stereocenters. The minimum atomic E-state index is -3.79. The normalized spacial score (nSPS) is 23.2. The monoisotopic (exact) mass is 591 g/mol. The first-order valence-electron chi connectivity index (χ1n) is 14.4. The van der Waals surface area contributed by atoms with Crippen LogP contribution < -0.4 is 5.32 Å². The summed E-state index contributed by atoms with van der Waals surface area (Å²) in [6.07, 6.45) is 2.12. The molecule has 0 amide bonds. The lowest BCUT2D eigenvalue weighted by Gasteiger charge is -2.32. The third kappa shape index (κ3) is 7.14. The zero-order valence-corrected chi connectivity index (χ0v) is 25.8. The number of aliphatic hydroxyl groups is 1. The molecule has 2 saturated heterocycles. The molecule has 0 aromatic heterocycles. The van der Waals surface area contributed by atoms with Gasteiger partial charge in [0.1, 0.15) is 0 Å². The van der Waals surface area contributed by atoms with Gasteiger partial charge in [0.05, 0.1) is 22.5 Å². The molecule has 2 heterocycles. The Morgan fingerprint density at radius 3 is 2.42 bits per heavy atom. The molecule has 2 aliphatic heterocycles. The van der Waals surface area contributed by atoms with Crippen molar-refractivity contribution in [2.24, 2.45) is 0 Å². The van der Waals surface area contributed by atoms with E-state index in [1.165, 1.54) is 15.4 Å². The molecule has 0 spiro atoms. The number of sulfonamides is 1. The standard InChI is InChI=1S/C30H45N3O5S2/c1-5-23-10-8-11-25(30(23)24-12-9-16-32(4)18-24)21-39(35,36)17-15-31-27-19-33(20-28(27)34)40(37,38)29-14-7-6-13-26(29)22(2)3/h6-8,10-11,13-14,22,24,27-28,31,34H,5,9,12,15-21H2,1-4H3. The van der Waals surface area contributed by atoms with E-state index in [2.05, 4.69) is 30.3 Å². The minimum Gasteiger partial charge on any atom is -0.390 e. The van der Waals surface area contributed by atoms with Gasteiger partial charge in [-0.1, -0.05) is 57.2 Å². The van der Waals surface area contributed by atoms with E-state index in [0.29, 0.717) is 5.92 Å². The van der Waals surface area contributed by atoms with Crippen LogP contribution in [0.4, 0.5) is 0 Å². The Balaban J connectivity index is 1.40. The first-order chi connectivity index (χ1) is 18.9. The molecule has 8 nitrogen and oxygen atoms in total. The average molecular weight is 592 g/mol. The first-order valence-corrected chi connectivity index (χ1v) is 17.7. The summed E-state index contributed by atoms with van der Waals surface area (Å²) in [5.41, 5.74) is 4.05. The van der Waals surface area contributed by atoms with Crippen molar-refractivity contribution in [1.29, 1.82) is 0 Å². The third-order valence-electron chi connectivity index (χ3n) is 8.31. The van der Waals surface area contributed by atoms with Crippen molar-refractivity contribution in [3.63, 3.8) is 0 Å². The molecule has 0 aliphatic carbocycles. The second kappa shape index (κ2) is 13.0. The van der Waals surface area contributed by atoms with Gasteiger partial charge in [0.25, 0.3) is 0 Å². The van der Waals surface area contributed by atoms with Crippen LogP contribution in [0.1, 0.15) is 67.7 Å². The van der Waals surface area contributed by atoms with Crippen LogP contribution in [0.2, 0.25) is 0 Å². The molecule has 2 fully saturated rings. The molecule has 0 radical (unpaired) electrons. The number of hydrogen-bond donors (Lipinski definition) is 2. The number of piperidine rings is 1. The van der Waals surface area contributed by atoms with E-state index >= 15 is 0 Å². The summed E-state index contributed by atoms with van der Waals surface area (Å²) in [7, 11) is -5.10. The maximum absolute atomic E-state index is 13.4. The number of hydrogen-bond acceptors (Lipinski definition) is 7. The maximum atomic E-state index is 13.4. The summed E-state index contributed by atoms with van der Waals surface area (Å²) >= 11 is 0. The summed E-state index contributed by atoms with van der Waals surface area (Å²) in [6, 6.07) is 12.4. The zero-order valence-electron chi connectivity index (χ0n) is 24.2. The van der Waals surface area contributed by atoms with E-state index in [0.717, 1.165) is 43.5 Å². The Hall–Kier alpha value is -1.82. The lowest BCUT2D eigenvalue weighted by atomic mass is 9.84. The largest absolute Gasteiger partial charge is 0.390 e. The van der Waals surface area contributed by atoms with Gasteiger partial charge in [0.15, 0.2) is 9.84 Å². The van der Waals surface area contributed by atoms with E-state index in [1.807, 2.05) is 38.1 Å². The molecular formula is C30H45N3O5S2. The number of likely N-dealkylation sites (N-methyl/N-ethyl adjacent to an activating group) is 1. The zero-order chi connectivity index (χ0) is 29.1. The summed E-state index contributed by atoms with van der Waals surface area (Å²) in [5.74, 6) is 0.271. The molecule has 2 aliphatic rings. The Morgan fingerprint density at radius 1 is 1.00 bits per heavy atom. The summed E-state index contributed by atoms with van der Waals surface area (Å²) < 4.78 is 54.6. The number of likely N-dealkylation sites (tertiary alicyclic amines) is 1. The van der Waals surface area contributed by atoms with Crippen molar-refractivity contribution >= 4 is 19.9 Å². The molecule has 10 heteroatoms. The predicted octanol–water partition coefficient (Wildman–Crippen LogP) is 3.12. The van der Waals surface area contributed by atoms with Crippen LogP contribution in [-0.4, -0.2) is 88.8 Å². The van der Waals surface area contributed by atoms with Crippen LogP contribution in [0.5, 0.6) is 0 Å². The van der Waals surface area contributed by atoms with E-state index in [9.17, 15) is 21.9 Å². The van der Waals surface area contributed by atoms with Gasteiger partial charge < -0.3 is 15.3 Å². The number of β-amino-alcohol motifs (C(OH)–C–C–N with tert-alkyl or cyclic N) is 1. The summed E-state index contributed by atoms with van der Waals surface area (Å²) in [4.78, 5) is 2.58. The molecule has 2 aromatic carbocycles. The predicted molar refractivity (Wildman–Crippen MR) is 160 cm³/mol. The van der Waals surface area contributed by atoms with Crippen molar-refractivity contribution in [3.8, 4) is 0 Å². The molecular weight excluding hydrogens is 546 g/mol. The minimum absolute atomic E-state index is 0.0161. The van der Waals surface area contributed by atoms with Gasteiger partial charge in [-0.3, -0.25) is 0 Å². The molecule has 222 valence electrons. The van der Waals surface area contributed by atoms with Crippen LogP contribution in [0.3, 0.4) is 0 Å². The van der Waals surface area contributed by atoms with Gasteiger partial charge >= 0.3 is 0 Å². The number of sulfone groups is 1. The fourth-order valence-electron chi connectivity index (χ4n) is 6.22. The van der Waals surface area contributed by atoms with Crippen molar-refractivity contribution < 1.29 is 21.9 Å².